The molecule has 0 heterocycles. The Morgan fingerprint density at radius 3 is 2.08 bits per heavy atom. The summed E-state index contributed by atoms with van der Waals surface area (Å²) < 4.78 is 10.2. The lowest BCUT2D eigenvalue weighted by atomic mass is 9.92. The van der Waals surface area contributed by atoms with Gasteiger partial charge in [0.2, 0.25) is 5.91 Å². The van der Waals surface area contributed by atoms with Gasteiger partial charge in [-0.3, -0.25) is 14.4 Å². The summed E-state index contributed by atoms with van der Waals surface area (Å²) >= 11 is 0. The van der Waals surface area contributed by atoms with Crippen molar-refractivity contribution < 1.29 is 23.9 Å². The van der Waals surface area contributed by atoms with Gasteiger partial charge in [-0.05, 0) is 24.1 Å². The Balaban J connectivity index is 2.87. The number of nitrogens with two attached hydrogens (primary N) is 1. The number of esters is 2. The Labute approximate surface area is 155 Å². The smallest absolute Gasteiger partial charge is 0.308 e. The van der Waals surface area contributed by atoms with Gasteiger partial charge < -0.3 is 15.2 Å². The van der Waals surface area contributed by atoms with E-state index in [2.05, 4.69) is 6.92 Å². The van der Waals surface area contributed by atoms with E-state index in [4.69, 9.17) is 15.2 Å². The van der Waals surface area contributed by atoms with Crippen molar-refractivity contribution in [2.75, 3.05) is 0 Å². The molecular weight excluding hydrogens is 334 g/mol. The molecule has 1 aromatic rings. The van der Waals surface area contributed by atoms with E-state index in [0.717, 1.165) is 19.3 Å². The van der Waals surface area contributed by atoms with Gasteiger partial charge in [-0.1, -0.05) is 51.5 Å². The van der Waals surface area contributed by atoms with Crippen molar-refractivity contribution in [3.05, 3.63) is 23.8 Å². The molecule has 0 radical (unpaired) electrons. The van der Waals surface area contributed by atoms with Crippen molar-refractivity contribution in [1.29, 1.82) is 0 Å². The quantitative estimate of drug-likeness (QED) is 0.366. The van der Waals surface area contributed by atoms with Gasteiger partial charge in [0, 0.05) is 13.8 Å². The van der Waals surface area contributed by atoms with Crippen molar-refractivity contribution in [1.82, 2.24) is 0 Å². The average molecular weight is 363 g/mol. The van der Waals surface area contributed by atoms with E-state index in [0.29, 0.717) is 12.0 Å². The van der Waals surface area contributed by atoms with E-state index < -0.39 is 23.8 Å². The Morgan fingerprint density at radius 2 is 1.50 bits per heavy atom. The summed E-state index contributed by atoms with van der Waals surface area (Å²) in [5.41, 5.74) is 6.22. The lowest BCUT2D eigenvalue weighted by Crippen LogP contribution is -2.21. The van der Waals surface area contributed by atoms with Crippen molar-refractivity contribution in [3.8, 4) is 11.5 Å². The third-order valence-corrected chi connectivity index (χ3v) is 4.07. The minimum absolute atomic E-state index is 0.111. The first-order chi connectivity index (χ1) is 12.3. The monoisotopic (exact) mass is 363 g/mol. The van der Waals surface area contributed by atoms with Gasteiger partial charge in [0.15, 0.2) is 11.5 Å². The number of unbranched alkanes of at least 4 members (excludes halogenated alkanes) is 5. The van der Waals surface area contributed by atoms with Crippen LogP contribution in [0.1, 0.15) is 77.2 Å². The lowest BCUT2D eigenvalue weighted by molar-refractivity contribution is -0.134. The highest BCUT2D eigenvalue weighted by Crippen LogP contribution is 2.33. The van der Waals surface area contributed by atoms with Gasteiger partial charge in [0.05, 0.1) is 5.92 Å². The highest BCUT2D eigenvalue weighted by molar-refractivity contribution is 5.82. The normalized spacial score (nSPS) is 11.7. The molecule has 144 valence electrons. The number of hydrogen-bond donors (Lipinski definition) is 1. The summed E-state index contributed by atoms with van der Waals surface area (Å²) in [5, 5.41) is 0. The Morgan fingerprint density at radius 1 is 0.923 bits per heavy atom. The van der Waals surface area contributed by atoms with E-state index in [9.17, 15) is 14.4 Å². The van der Waals surface area contributed by atoms with E-state index in [1.807, 2.05) is 0 Å². The largest absolute Gasteiger partial charge is 0.423 e. The number of primary amides is 1. The molecule has 1 unspecified atom stereocenters. The standard InChI is InChI=1S/C20H29NO5/c1-4-5-6-7-8-9-10-17(20(21)24)16-11-12-18(25-14(2)22)19(13-16)26-15(3)23/h11-13,17H,4-10H2,1-3H3,(H2,21,24). The molecule has 0 aliphatic rings. The highest BCUT2D eigenvalue weighted by atomic mass is 16.6. The van der Waals surface area contributed by atoms with Crippen LogP contribution >= 0.6 is 0 Å². The molecule has 0 spiro atoms. The summed E-state index contributed by atoms with van der Waals surface area (Å²) in [6.45, 7) is 4.69. The summed E-state index contributed by atoms with van der Waals surface area (Å²) in [7, 11) is 0. The molecule has 0 aromatic heterocycles. The number of carbonyl (C=O) groups is 3. The highest BCUT2D eigenvalue weighted by Gasteiger charge is 2.20. The molecular formula is C20H29NO5. The number of benzene rings is 1. The van der Waals surface area contributed by atoms with Crippen LogP contribution in [-0.4, -0.2) is 17.8 Å². The predicted molar refractivity (Wildman–Crippen MR) is 99.0 cm³/mol. The van der Waals surface area contributed by atoms with Crippen LogP contribution in [0, 0.1) is 0 Å². The molecule has 1 aromatic carbocycles. The molecule has 0 aliphatic heterocycles. The zero-order valence-corrected chi connectivity index (χ0v) is 15.9. The Kier molecular flexibility index (Phi) is 9.41. The van der Waals surface area contributed by atoms with E-state index >= 15 is 0 Å². The van der Waals surface area contributed by atoms with E-state index in [-0.39, 0.29) is 11.5 Å². The number of ether oxygens (including phenoxy) is 2. The maximum atomic E-state index is 11.9. The van der Waals surface area contributed by atoms with Crippen LogP contribution in [0.4, 0.5) is 0 Å². The van der Waals surface area contributed by atoms with Crippen molar-refractivity contribution in [2.24, 2.45) is 5.73 Å². The molecule has 1 atom stereocenters. The third-order valence-electron chi connectivity index (χ3n) is 4.07. The second kappa shape index (κ2) is 11.3. The second-order valence-corrected chi connectivity index (χ2v) is 6.40. The van der Waals surface area contributed by atoms with Crippen LogP contribution in [0.25, 0.3) is 0 Å². The number of rotatable bonds is 11. The molecule has 1 amide bonds. The molecule has 6 nitrogen and oxygen atoms in total. The maximum Gasteiger partial charge on any atom is 0.308 e. The van der Waals surface area contributed by atoms with Crippen LogP contribution in [0.5, 0.6) is 11.5 Å². The van der Waals surface area contributed by atoms with Crippen LogP contribution in [0.15, 0.2) is 18.2 Å². The van der Waals surface area contributed by atoms with Crippen LogP contribution < -0.4 is 15.2 Å². The zero-order valence-electron chi connectivity index (χ0n) is 15.9. The van der Waals surface area contributed by atoms with Crippen LogP contribution in [0.2, 0.25) is 0 Å². The number of carbonyl (C=O) groups excluding carboxylic acids is 3. The van der Waals surface area contributed by atoms with Gasteiger partial charge in [0.25, 0.3) is 0 Å². The molecule has 0 bridgehead atoms. The predicted octanol–water partition coefficient (Wildman–Crippen LogP) is 3.86. The molecule has 0 aliphatic carbocycles. The van der Waals surface area contributed by atoms with Crippen LogP contribution in [0.3, 0.4) is 0 Å². The summed E-state index contributed by atoms with van der Waals surface area (Å²) in [4.78, 5) is 34.4. The van der Waals surface area contributed by atoms with Gasteiger partial charge >= 0.3 is 11.9 Å². The lowest BCUT2D eigenvalue weighted by Gasteiger charge is -2.16. The second-order valence-electron chi connectivity index (χ2n) is 6.40. The third kappa shape index (κ3) is 7.68. The average Bonchev–Trinajstić information content (AvgIpc) is 2.55. The number of hydrogen-bond acceptors (Lipinski definition) is 5. The summed E-state index contributed by atoms with van der Waals surface area (Å²) in [6.07, 6.45) is 7.33. The van der Waals surface area contributed by atoms with Crippen molar-refractivity contribution in [2.45, 2.75) is 71.6 Å². The van der Waals surface area contributed by atoms with Gasteiger partial charge in [-0.15, -0.1) is 0 Å². The number of amides is 1. The SMILES string of the molecule is CCCCCCCCC(C(N)=O)c1ccc(OC(C)=O)c(OC(C)=O)c1. The molecule has 0 saturated heterocycles. The fourth-order valence-corrected chi connectivity index (χ4v) is 2.82. The van der Waals surface area contributed by atoms with Crippen molar-refractivity contribution >= 4 is 17.8 Å². The Hall–Kier alpha value is -2.37. The minimum atomic E-state index is -0.540. The summed E-state index contributed by atoms with van der Waals surface area (Å²) in [5.74, 6) is -1.71. The molecule has 2 N–H and O–H groups in total. The first kappa shape index (κ1) is 21.7. The van der Waals surface area contributed by atoms with Gasteiger partial charge in [-0.2, -0.15) is 0 Å². The van der Waals surface area contributed by atoms with Crippen molar-refractivity contribution in [3.63, 3.8) is 0 Å². The molecule has 1 rings (SSSR count). The van der Waals surface area contributed by atoms with Crippen LogP contribution in [-0.2, 0) is 14.4 Å². The van der Waals surface area contributed by atoms with E-state index in [1.54, 1.807) is 12.1 Å². The fraction of sp³-hybridized carbons (Fsp3) is 0.550. The molecule has 0 saturated carbocycles. The Bertz CT molecular complexity index is 627. The molecule has 26 heavy (non-hydrogen) atoms. The maximum absolute atomic E-state index is 11.9. The van der Waals surface area contributed by atoms with Gasteiger partial charge in [0.1, 0.15) is 0 Å². The first-order valence-electron chi connectivity index (χ1n) is 9.15. The topological polar surface area (TPSA) is 95.7 Å². The van der Waals surface area contributed by atoms with Gasteiger partial charge in [-0.25, -0.2) is 0 Å². The minimum Gasteiger partial charge on any atom is -0.423 e. The zero-order chi connectivity index (χ0) is 19.5. The molecule has 0 fully saturated rings. The fourth-order valence-electron chi connectivity index (χ4n) is 2.82. The molecule has 6 heteroatoms. The first-order valence-corrected chi connectivity index (χ1v) is 9.15. The van der Waals surface area contributed by atoms with E-state index in [1.165, 1.54) is 39.2 Å². The summed E-state index contributed by atoms with van der Waals surface area (Å²) in [6, 6.07) is 4.75.